The molecule has 0 heterocycles. The molecular weight excluding hydrogens is 713 g/mol. The average Bonchev–Trinajstić information content (AvgIpc) is 3.41. The lowest BCUT2D eigenvalue weighted by atomic mass is 9.70. The third-order valence-corrected chi connectivity index (χ3v) is 14.5. The molecule has 4 aromatic rings. The van der Waals surface area contributed by atoms with E-state index in [0.29, 0.717) is 40.7 Å². The molecule has 3 aliphatic carbocycles. The first-order chi connectivity index (χ1) is 25.2. The summed E-state index contributed by atoms with van der Waals surface area (Å²) in [4.78, 5) is 13.3. The van der Waals surface area contributed by atoms with Crippen molar-refractivity contribution in [2.75, 3.05) is 5.75 Å². The number of hydrogen-bond acceptors (Lipinski definition) is 11. The van der Waals surface area contributed by atoms with Crippen LogP contribution in [0, 0.1) is 16.7 Å². The molecule has 0 spiro atoms. The number of hydrogen-bond donors (Lipinski definition) is 7. The zero-order valence-corrected chi connectivity index (χ0v) is 31.8. The topological polar surface area (TPSA) is 202 Å². The number of phenolic OH excluding ortho intramolecular Hbond substituents is 7. The maximum atomic E-state index is 14.0. The number of Topliss-reactive ketones (excluding diaryl/α,β-unsaturated/α-hetero) is 1. The summed E-state index contributed by atoms with van der Waals surface area (Å²) in [5, 5.41) is 78.2. The zero-order chi connectivity index (χ0) is 39.4. The zero-order valence-electron chi connectivity index (χ0n) is 31.0. The standard InChI is InChI=1S/C42H46O11S/c1-19-24-10-25(33(44)14-32(24)43)20(2)28-12-29(37(48)16-36(28)47)22(4)31-13-30(21(3)27-11-26(19)34(45)15-35(27)46)38(49)17-39(31)53-54(51,52)18-42-8-7-23(9-40(42)50)41(42,5)6/h10-17,19-23,43-49H,7-9,18H2,1-6H3/t19-,20-,21-,22-,23+,42+/m0/s1. The molecule has 0 radical (unpaired) electrons. The Morgan fingerprint density at radius 1 is 0.574 bits per heavy atom. The number of fused-ring (bicyclic) bond motifs is 10. The number of benzene rings is 4. The summed E-state index contributed by atoms with van der Waals surface area (Å²) in [6.45, 7) is 10.7. The van der Waals surface area contributed by atoms with Crippen molar-refractivity contribution in [3.8, 4) is 46.0 Å². The quantitative estimate of drug-likeness (QED) is 0.101. The summed E-state index contributed by atoms with van der Waals surface area (Å²) >= 11 is 0. The van der Waals surface area contributed by atoms with Crippen LogP contribution in [0.2, 0.25) is 0 Å². The first-order valence-electron chi connectivity index (χ1n) is 18.2. The lowest BCUT2D eigenvalue weighted by molar-refractivity contribution is -0.128. The van der Waals surface area contributed by atoms with Gasteiger partial charge in [0.25, 0.3) is 0 Å². The highest BCUT2D eigenvalue weighted by molar-refractivity contribution is 7.87. The third-order valence-electron chi connectivity index (χ3n) is 13.2. The maximum Gasteiger partial charge on any atom is 0.310 e. The van der Waals surface area contributed by atoms with Crippen LogP contribution in [0.5, 0.6) is 46.0 Å². The van der Waals surface area contributed by atoms with Crippen LogP contribution in [-0.2, 0) is 14.9 Å². The predicted molar refractivity (Wildman–Crippen MR) is 200 cm³/mol. The van der Waals surface area contributed by atoms with Gasteiger partial charge >= 0.3 is 10.1 Å². The van der Waals surface area contributed by atoms with Crippen LogP contribution >= 0.6 is 0 Å². The van der Waals surface area contributed by atoms with Gasteiger partial charge in [-0.25, -0.2) is 0 Å². The number of carbonyl (C=O) groups is 1. The fourth-order valence-corrected chi connectivity index (χ4v) is 11.3. The SMILES string of the molecule is C[C@H]1c2cc(c(O)cc2O)[C@H](C)c2cc(c(O)cc2O)[C@H](C)c2cc(c(O)cc2OS(=O)(=O)C[C@]23CC[C@H](CC2=O)C3(C)C)[C@@H](C)c2cc1c(O)cc2O. The highest BCUT2D eigenvalue weighted by atomic mass is 32.2. The van der Waals surface area contributed by atoms with E-state index in [1.165, 1.54) is 18.2 Å². The number of phenols is 7. The van der Waals surface area contributed by atoms with E-state index in [1.807, 2.05) is 13.8 Å². The molecule has 3 aliphatic rings. The highest BCUT2D eigenvalue weighted by Gasteiger charge is 2.65. The molecule has 12 heteroatoms. The molecular formula is C42H46O11S. The average molecular weight is 759 g/mol. The molecule has 4 aromatic carbocycles. The normalized spacial score (nSPS) is 25.8. The summed E-state index contributed by atoms with van der Waals surface area (Å²) < 4.78 is 33.9. The van der Waals surface area contributed by atoms with Gasteiger partial charge in [0.05, 0.1) is 11.2 Å². The summed E-state index contributed by atoms with van der Waals surface area (Å²) in [7, 11) is -4.46. The smallest absolute Gasteiger partial charge is 0.310 e. The second kappa shape index (κ2) is 12.5. The minimum absolute atomic E-state index is 0.0740. The molecule has 0 aliphatic heterocycles. The number of ketones is 1. The van der Waals surface area contributed by atoms with Crippen molar-refractivity contribution in [3.05, 3.63) is 93.0 Å². The Morgan fingerprint density at radius 2 is 0.907 bits per heavy atom. The van der Waals surface area contributed by atoms with Crippen molar-refractivity contribution in [1.29, 1.82) is 0 Å². The van der Waals surface area contributed by atoms with Gasteiger partial charge in [-0.15, -0.1) is 0 Å². The van der Waals surface area contributed by atoms with Crippen molar-refractivity contribution in [2.45, 2.75) is 84.5 Å². The van der Waals surface area contributed by atoms with Gasteiger partial charge in [-0.05, 0) is 48.4 Å². The fourth-order valence-electron chi connectivity index (χ4n) is 9.52. The highest BCUT2D eigenvalue weighted by Crippen LogP contribution is 2.64. The van der Waals surface area contributed by atoms with Crippen molar-refractivity contribution < 1.29 is 53.1 Å². The largest absolute Gasteiger partial charge is 0.508 e. The van der Waals surface area contributed by atoms with Gasteiger partial charge < -0.3 is 39.9 Å². The first kappa shape index (κ1) is 37.2. The molecule has 0 aromatic heterocycles. The van der Waals surface area contributed by atoms with Crippen LogP contribution in [0.3, 0.4) is 0 Å². The van der Waals surface area contributed by atoms with Gasteiger partial charge in [0, 0.05) is 98.9 Å². The van der Waals surface area contributed by atoms with Gasteiger partial charge in [-0.3, -0.25) is 4.79 Å². The number of carbonyl (C=O) groups excluding carboxylic acids is 1. The van der Waals surface area contributed by atoms with E-state index >= 15 is 0 Å². The van der Waals surface area contributed by atoms with Crippen LogP contribution in [0.1, 0.15) is 129 Å². The fraction of sp³-hybridized carbons (Fsp3) is 0.405. The summed E-state index contributed by atoms with van der Waals surface area (Å²) in [6.07, 6.45) is 1.47. The predicted octanol–water partition coefficient (Wildman–Crippen LogP) is 7.65. The third kappa shape index (κ3) is 5.59. The van der Waals surface area contributed by atoms with Crippen LogP contribution in [-0.4, -0.2) is 55.7 Å². The summed E-state index contributed by atoms with van der Waals surface area (Å²) in [5.74, 6) is -5.79. The molecule has 54 heavy (non-hydrogen) atoms. The Hall–Kier alpha value is -5.10. The van der Waals surface area contributed by atoms with E-state index in [2.05, 4.69) is 0 Å². The molecule has 6 atom stereocenters. The van der Waals surface area contributed by atoms with Crippen molar-refractivity contribution in [1.82, 2.24) is 0 Å². The van der Waals surface area contributed by atoms with E-state index in [4.69, 9.17) is 4.18 Å². The monoisotopic (exact) mass is 758 g/mol. The molecule has 7 rings (SSSR count). The lowest BCUT2D eigenvalue weighted by Crippen LogP contribution is -2.43. The number of aromatic hydroxyl groups is 7. The molecule has 0 unspecified atom stereocenters. The Bertz CT molecular complexity index is 2340. The van der Waals surface area contributed by atoms with Gasteiger partial charge in [0.1, 0.15) is 51.8 Å². The Labute approximate surface area is 314 Å². The first-order valence-corrected chi connectivity index (χ1v) is 19.7. The molecule has 0 amide bonds. The van der Waals surface area contributed by atoms with Gasteiger partial charge in [-0.2, -0.15) is 8.42 Å². The maximum absolute atomic E-state index is 14.0. The van der Waals surface area contributed by atoms with Crippen LogP contribution in [0.15, 0.2) is 48.5 Å². The lowest BCUT2D eigenvalue weighted by Gasteiger charge is -2.35. The van der Waals surface area contributed by atoms with Gasteiger partial charge in [-0.1, -0.05) is 41.5 Å². The van der Waals surface area contributed by atoms with Crippen molar-refractivity contribution >= 4 is 15.9 Å². The van der Waals surface area contributed by atoms with E-state index in [9.17, 15) is 49.0 Å². The van der Waals surface area contributed by atoms with Crippen LogP contribution in [0.25, 0.3) is 0 Å². The molecule has 7 N–H and O–H groups in total. The number of rotatable bonds is 4. The van der Waals surface area contributed by atoms with Gasteiger partial charge in [0.15, 0.2) is 0 Å². The molecule has 2 saturated carbocycles. The summed E-state index contributed by atoms with van der Waals surface area (Å²) in [6, 6.07) is 10.9. The Balaban J connectivity index is 1.45. The van der Waals surface area contributed by atoms with Crippen LogP contribution < -0.4 is 4.18 Å². The minimum atomic E-state index is -4.46. The Morgan fingerprint density at radius 3 is 1.24 bits per heavy atom. The molecule has 0 saturated heterocycles. The minimum Gasteiger partial charge on any atom is -0.508 e. The summed E-state index contributed by atoms with van der Waals surface area (Å²) in [5.41, 5.74) is 0.697. The Kier molecular flexibility index (Phi) is 8.60. The van der Waals surface area contributed by atoms with E-state index in [0.717, 1.165) is 12.5 Å². The second-order valence-electron chi connectivity index (χ2n) is 16.2. The molecule has 2 fully saturated rings. The molecule has 11 nitrogen and oxygen atoms in total. The van der Waals surface area contributed by atoms with Crippen molar-refractivity contribution in [3.63, 3.8) is 0 Å². The van der Waals surface area contributed by atoms with Crippen LogP contribution in [0.4, 0.5) is 0 Å². The second-order valence-corrected chi connectivity index (χ2v) is 17.8. The van der Waals surface area contributed by atoms with E-state index in [1.54, 1.807) is 52.0 Å². The van der Waals surface area contributed by atoms with Crippen molar-refractivity contribution in [2.24, 2.45) is 16.7 Å². The molecule has 286 valence electrons. The van der Waals surface area contributed by atoms with E-state index < -0.39 is 50.4 Å². The molecule has 10 bridgehead atoms. The van der Waals surface area contributed by atoms with E-state index in [-0.39, 0.29) is 74.4 Å². The van der Waals surface area contributed by atoms with Gasteiger partial charge in [0.2, 0.25) is 0 Å².